The van der Waals surface area contributed by atoms with Crippen molar-refractivity contribution in [3.8, 4) is 45.8 Å². The van der Waals surface area contributed by atoms with E-state index in [-0.39, 0.29) is 0 Å². The van der Waals surface area contributed by atoms with Crippen molar-refractivity contribution < 1.29 is 0 Å². The minimum absolute atomic E-state index is 0.537. The summed E-state index contributed by atoms with van der Waals surface area (Å²) in [7, 11) is 0. The van der Waals surface area contributed by atoms with Crippen molar-refractivity contribution in [3.05, 3.63) is 169 Å². The van der Waals surface area contributed by atoms with E-state index in [1.54, 1.807) is 0 Å². The SMILES string of the molecule is N#Cc1cc(-c2ccc(-n3c4ccccc4c4ccccc43)cc2C#N)cc(-c2ccccc2-n2c3ccccc3c3ccccc32)c1. The maximum Gasteiger partial charge on any atom is 0.0998 e. The van der Waals surface area contributed by atoms with E-state index in [1.807, 2.05) is 42.5 Å². The van der Waals surface area contributed by atoms with Gasteiger partial charge in [0.15, 0.2) is 0 Å². The fourth-order valence-corrected chi connectivity index (χ4v) is 7.31. The maximum atomic E-state index is 10.5. The predicted octanol–water partition coefficient (Wildman–Crippen LogP) is 11.0. The van der Waals surface area contributed by atoms with E-state index in [0.29, 0.717) is 11.1 Å². The van der Waals surface area contributed by atoms with Gasteiger partial charge in [0.1, 0.15) is 0 Å². The minimum atomic E-state index is 0.537. The van der Waals surface area contributed by atoms with Crippen molar-refractivity contribution in [1.29, 1.82) is 10.5 Å². The lowest BCUT2D eigenvalue weighted by Gasteiger charge is -2.16. The highest BCUT2D eigenvalue weighted by Crippen LogP contribution is 2.39. The smallest absolute Gasteiger partial charge is 0.0998 e. The quantitative estimate of drug-likeness (QED) is 0.199. The van der Waals surface area contributed by atoms with Crippen LogP contribution in [0.1, 0.15) is 11.1 Å². The third-order valence-electron chi connectivity index (χ3n) is 9.37. The lowest BCUT2D eigenvalue weighted by atomic mass is 9.93. The van der Waals surface area contributed by atoms with Crippen molar-refractivity contribution >= 4 is 43.6 Å². The normalized spacial score (nSPS) is 11.3. The van der Waals surface area contributed by atoms with Crippen LogP contribution in [0, 0.1) is 22.7 Å². The van der Waals surface area contributed by atoms with Gasteiger partial charge >= 0.3 is 0 Å². The molecular formula is C44H26N4. The number of hydrogen-bond donors (Lipinski definition) is 0. The zero-order valence-corrected chi connectivity index (χ0v) is 25.8. The first-order valence-corrected chi connectivity index (χ1v) is 15.9. The Bertz CT molecular complexity index is 2710. The first-order valence-electron chi connectivity index (χ1n) is 15.9. The molecule has 222 valence electrons. The summed E-state index contributed by atoms with van der Waals surface area (Å²) in [6.45, 7) is 0. The van der Waals surface area contributed by atoms with Crippen molar-refractivity contribution in [3.63, 3.8) is 0 Å². The van der Waals surface area contributed by atoms with E-state index in [4.69, 9.17) is 0 Å². The Morgan fingerprint density at radius 3 is 1.42 bits per heavy atom. The highest BCUT2D eigenvalue weighted by atomic mass is 15.0. The van der Waals surface area contributed by atoms with E-state index in [2.05, 4.69) is 137 Å². The molecule has 0 saturated carbocycles. The van der Waals surface area contributed by atoms with Crippen molar-refractivity contribution in [2.75, 3.05) is 0 Å². The molecule has 0 aliphatic heterocycles. The molecule has 0 aliphatic rings. The van der Waals surface area contributed by atoms with Gasteiger partial charge in [0.25, 0.3) is 0 Å². The van der Waals surface area contributed by atoms with E-state index < -0.39 is 0 Å². The summed E-state index contributed by atoms with van der Waals surface area (Å²) < 4.78 is 4.52. The molecule has 0 bridgehead atoms. The number of rotatable bonds is 4. The zero-order valence-electron chi connectivity index (χ0n) is 25.8. The standard InChI is InChI=1S/C44H26N4/c45-27-29-23-30(34-22-21-33(26-32(34)28-46)47-41-17-7-2-12-36(41)37-13-3-8-18-42(37)47)25-31(24-29)35-11-1-6-16-40(35)48-43-19-9-4-14-38(43)39-15-5-10-20-44(39)48/h1-26H. The maximum absolute atomic E-state index is 10.5. The fraction of sp³-hybridized carbons (Fsp3) is 0. The van der Waals surface area contributed by atoms with Crippen molar-refractivity contribution in [2.24, 2.45) is 0 Å². The van der Waals surface area contributed by atoms with Gasteiger partial charge in [-0.2, -0.15) is 10.5 Å². The van der Waals surface area contributed by atoms with Gasteiger partial charge in [0.05, 0.1) is 51.0 Å². The van der Waals surface area contributed by atoms with Crippen LogP contribution in [0.3, 0.4) is 0 Å². The fourth-order valence-electron chi connectivity index (χ4n) is 7.31. The van der Waals surface area contributed by atoms with Crippen LogP contribution in [0.5, 0.6) is 0 Å². The van der Waals surface area contributed by atoms with Crippen LogP contribution >= 0.6 is 0 Å². The van der Waals surface area contributed by atoms with Crippen LogP contribution in [0.2, 0.25) is 0 Å². The summed E-state index contributed by atoms with van der Waals surface area (Å²) in [5.74, 6) is 0. The highest BCUT2D eigenvalue weighted by Gasteiger charge is 2.18. The number of hydrogen-bond acceptors (Lipinski definition) is 2. The van der Waals surface area contributed by atoms with E-state index >= 15 is 0 Å². The van der Waals surface area contributed by atoms with Gasteiger partial charge in [-0.3, -0.25) is 0 Å². The van der Waals surface area contributed by atoms with Crippen molar-refractivity contribution in [2.45, 2.75) is 0 Å². The minimum Gasteiger partial charge on any atom is -0.309 e. The number of benzene rings is 7. The van der Waals surface area contributed by atoms with Crippen LogP contribution in [0.25, 0.3) is 77.2 Å². The summed E-state index contributed by atoms with van der Waals surface area (Å²) >= 11 is 0. The number of aromatic nitrogens is 2. The molecule has 0 N–H and O–H groups in total. The molecule has 0 aliphatic carbocycles. The topological polar surface area (TPSA) is 57.4 Å². The number of para-hydroxylation sites is 5. The number of nitrogens with zero attached hydrogens (tertiary/aromatic N) is 4. The largest absolute Gasteiger partial charge is 0.309 e. The second kappa shape index (κ2) is 10.9. The average molecular weight is 611 g/mol. The molecule has 0 saturated heterocycles. The van der Waals surface area contributed by atoms with Crippen LogP contribution in [0.4, 0.5) is 0 Å². The Kier molecular flexibility index (Phi) is 6.22. The summed E-state index contributed by atoms with van der Waals surface area (Å²) in [6, 6.07) is 58.8. The molecule has 9 rings (SSSR count). The lowest BCUT2D eigenvalue weighted by Crippen LogP contribution is -1.98. The first kappa shape index (κ1) is 27.4. The molecule has 48 heavy (non-hydrogen) atoms. The summed E-state index contributed by atoms with van der Waals surface area (Å²) in [6.07, 6.45) is 0. The third kappa shape index (κ3) is 4.14. The second-order valence-corrected chi connectivity index (χ2v) is 12.0. The third-order valence-corrected chi connectivity index (χ3v) is 9.37. The van der Waals surface area contributed by atoms with Crippen LogP contribution in [-0.4, -0.2) is 9.13 Å². The van der Waals surface area contributed by atoms with E-state index in [9.17, 15) is 10.5 Å². The van der Waals surface area contributed by atoms with Gasteiger partial charge < -0.3 is 9.13 Å². The molecule has 2 aromatic heterocycles. The van der Waals surface area contributed by atoms with E-state index in [1.165, 1.54) is 21.5 Å². The Hall–Kier alpha value is -6.88. The van der Waals surface area contributed by atoms with E-state index in [0.717, 1.165) is 55.7 Å². The molecule has 0 spiro atoms. The molecule has 0 amide bonds. The molecule has 7 aromatic carbocycles. The van der Waals surface area contributed by atoms with Crippen molar-refractivity contribution in [1.82, 2.24) is 9.13 Å². The second-order valence-electron chi connectivity index (χ2n) is 12.0. The number of nitriles is 2. The zero-order chi connectivity index (χ0) is 32.2. The van der Waals surface area contributed by atoms with Gasteiger partial charge in [-0.05, 0) is 77.4 Å². The van der Waals surface area contributed by atoms with Gasteiger partial charge in [-0.15, -0.1) is 0 Å². The lowest BCUT2D eigenvalue weighted by molar-refractivity contribution is 1.18. The molecule has 0 fully saturated rings. The van der Waals surface area contributed by atoms with Gasteiger partial charge in [0, 0.05) is 32.8 Å². The monoisotopic (exact) mass is 610 g/mol. The summed E-state index contributed by atoms with van der Waals surface area (Å²) in [5.41, 5.74) is 11.0. The van der Waals surface area contributed by atoms with Gasteiger partial charge in [0.2, 0.25) is 0 Å². The Balaban J connectivity index is 1.23. The van der Waals surface area contributed by atoms with Crippen LogP contribution in [0.15, 0.2) is 158 Å². The molecule has 4 nitrogen and oxygen atoms in total. The molecule has 2 heterocycles. The molecular weight excluding hydrogens is 585 g/mol. The summed E-state index contributed by atoms with van der Waals surface area (Å²) in [5, 5.41) is 25.4. The Labute approximate surface area is 277 Å². The van der Waals surface area contributed by atoms with Crippen LogP contribution < -0.4 is 0 Å². The molecule has 0 unspecified atom stereocenters. The Morgan fingerprint density at radius 1 is 0.396 bits per heavy atom. The first-order chi connectivity index (χ1) is 23.7. The highest BCUT2D eigenvalue weighted by molar-refractivity contribution is 6.10. The van der Waals surface area contributed by atoms with Gasteiger partial charge in [-0.1, -0.05) is 97.1 Å². The number of fused-ring (bicyclic) bond motifs is 6. The predicted molar refractivity (Wildman–Crippen MR) is 195 cm³/mol. The molecule has 0 radical (unpaired) electrons. The average Bonchev–Trinajstić information content (AvgIpc) is 3.67. The molecule has 0 atom stereocenters. The molecule has 4 heteroatoms. The molecule has 9 aromatic rings. The van der Waals surface area contributed by atoms with Crippen LogP contribution in [-0.2, 0) is 0 Å². The summed E-state index contributed by atoms with van der Waals surface area (Å²) in [4.78, 5) is 0. The Morgan fingerprint density at radius 2 is 0.875 bits per heavy atom. The van der Waals surface area contributed by atoms with Gasteiger partial charge in [-0.25, -0.2) is 0 Å².